The predicted molar refractivity (Wildman–Crippen MR) is 63.8 cm³/mol. The first-order chi connectivity index (χ1) is 7.52. The van der Waals surface area contributed by atoms with Crippen molar-refractivity contribution in [2.24, 2.45) is 0 Å². The van der Waals surface area contributed by atoms with E-state index in [4.69, 9.17) is 5.41 Å². The van der Waals surface area contributed by atoms with Crippen LogP contribution in [0, 0.1) is 17.0 Å². The summed E-state index contributed by atoms with van der Waals surface area (Å²) in [5.41, 5.74) is 0.364. The lowest BCUT2D eigenvalue weighted by Gasteiger charge is -2.22. The van der Waals surface area contributed by atoms with Crippen LogP contribution in [-0.4, -0.2) is 23.8 Å². The summed E-state index contributed by atoms with van der Waals surface area (Å²) >= 11 is 2.98. The Balaban J connectivity index is 3.14. The van der Waals surface area contributed by atoms with Gasteiger partial charge in [0, 0.05) is 18.7 Å². The lowest BCUT2D eigenvalue weighted by atomic mass is 10.1. The summed E-state index contributed by atoms with van der Waals surface area (Å²) in [5.74, 6) is -1.67. The number of rotatable bonds is 3. The molecule has 1 aromatic rings. The molecule has 0 saturated heterocycles. The smallest absolute Gasteiger partial charge is 0.173 e. The standard InChI is InChI=1S/C11H13BrF2N2/c1-3-16(4-2)11(15)7-5-6-8(13)10(14)9(7)12/h5-6,15H,3-4H2,1-2H3. The highest BCUT2D eigenvalue weighted by Crippen LogP contribution is 2.24. The Kier molecular flexibility index (Phi) is 4.41. The zero-order valence-electron chi connectivity index (χ0n) is 9.15. The maximum absolute atomic E-state index is 13.3. The van der Waals surface area contributed by atoms with Gasteiger partial charge < -0.3 is 4.90 Å². The molecule has 0 atom stereocenters. The number of halogens is 3. The van der Waals surface area contributed by atoms with Crippen LogP contribution in [0.15, 0.2) is 16.6 Å². The van der Waals surface area contributed by atoms with Crippen molar-refractivity contribution >= 4 is 21.8 Å². The molecule has 0 heterocycles. The van der Waals surface area contributed by atoms with Crippen molar-refractivity contribution in [1.82, 2.24) is 4.90 Å². The Morgan fingerprint density at radius 1 is 1.31 bits per heavy atom. The van der Waals surface area contributed by atoms with E-state index in [9.17, 15) is 8.78 Å². The van der Waals surface area contributed by atoms with Crippen LogP contribution >= 0.6 is 15.9 Å². The van der Waals surface area contributed by atoms with Crippen LogP contribution < -0.4 is 0 Å². The molecule has 0 spiro atoms. The zero-order valence-corrected chi connectivity index (χ0v) is 10.7. The van der Waals surface area contributed by atoms with Gasteiger partial charge in [-0.1, -0.05) is 0 Å². The fourth-order valence-corrected chi connectivity index (χ4v) is 1.93. The summed E-state index contributed by atoms with van der Waals surface area (Å²) in [6, 6.07) is 2.44. The van der Waals surface area contributed by atoms with E-state index in [1.807, 2.05) is 13.8 Å². The third-order valence-electron chi connectivity index (χ3n) is 2.37. The van der Waals surface area contributed by atoms with E-state index < -0.39 is 11.6 Å². The molecule has 0 aliphatic heterocycles. The lowest BCUT2D eigenvalue weighted by molar-refractivity contribution is 0.461. The first-order valence-corrected chi connectivity index (χ1v) is 5.79. The van der Waals surface area contributed by atoms with Crippen molar-refractivity contribution in [2.45, 2.75) is 13.8 Å². The van der Waals surface area contributed by atoms with Gasteiger partial charge in [-0.05, 0) is 41.9 Å². The van der Waals surface area contributed by atoms with E-state index in [-0.39, 0.29) is 10.3 Å². The van der Waals surface area contributed by atoms with Gasteiger partial charge in [0.2, 0.25) is 0 Å². The van der Waals surface area contributed by atoms with Gasteiger partial charge in [0.05, 0.1) is 4.47 Å². The van der Waals surface area contributed by atoms with Gasteiger partial charge in [-0.3, -0.25) is 5.41 Å². The third kappa shape index (κ3) is 2.40. The summed E-state index contributed by atoms with van der Waals surface area (Å²) in [7, 11) is 0. The Morgan fingerprint density at radius 3 is 2.38 bits per heavy atom. The zero-order chi connectivity index (χ0) is 12.3. The Morgan fingerprint density at radius 2 is 1.88 bits per heavy atom. The molecule has 0 amide bonds. The second-order valence-corrected chi connectivity index (χ2v) is 4.04. The summed E-state index contributed by atoms with van der Waals surface area (Å²) in [4.78, 5) is 1.76. The van der Waals surface area contributed by atoms with Crippen LogP contribution in [0.5, 0.6) is 0 Å². The largest absolute Gasteiger partial charge is 0.357 e. The van der Waals surface area contributed by atoms with E-state index in [0.29, 0.717) is 18.7 Å². The van der Waals surface area contributed by atoms with Gasteiger partial charge in [0.1, 0.15) is 5.84 Å². The minimum absolute atomic E-state index is 0.00407. The highest BCUT2D eigenvalue weighted by molar-refractivity contribution is 9.10. The Labute approximate surface area is 102 Å². The average molecular weight is 291 g/mol. The number of nitrogens with zero attached hydrogens (tertiary/aromatic N) is 1. The summed E-state index contributed by atoms with van der Waals surface area (Å²) in [6.07, 6.45) is 0. The fraction of sp³-hybridized carbons (Fsp3) is 0.364. The molecule has 88 valence electrons. The third-order valence-corrected chi connectivity index (χ3v) is 3.15. The van der Waals surface area contributed by atoms with Gasteiger partial charge in [-0.15, -0.1) is 0 Å². The highest BCUT2D eigenvalue weighted by atomic mass is 79.9. The van der Waals surface area contributed by atoms with Crippen molar-refractivity contribution in [3.05, 3.63) is 33.8 Å². The summed E-state index contributed by atoms with van der Waals surface area (Å²) in [5, 5.41) is 7.90. The number of hydrogen-bond donors (Lipinski definition) is 1. The van der Waals surface area contributed by atoms with Crippen LogP contribution in [-0.2, 0) is 0 Å². The number of benzene rings is 1. The normalized spacial score (nSPS) is 10.3. The molecule has 0 fully saturated rings. The number of amidine groups is 1. The maximum atomic E-state index is 13.3. The van der Waals surface area contributed by atoms with E-state index >= 15 is 0 Å². The topological polar surface area (TPSA) is 27.1 Å². The monoisotopic (exact) mass is 290 g/mol. The molecule has 0 unspecified atom stereocenters. The second kappa shape index (κ2) is 5.39. The Hall–Kier alpha value is -0.970. The van der Waals surface area contributed by atoms with Crippen molar-refractivity contribution in [2.75, 3.05) is 13.1 Å². The van der Waals surface area contributed by atoms with Gasteiger partial charge in [0.15, 0.2) is 11.6 Å². The molecule has 5 heteroatoms. The highest BCUT2D eigenvalue weighted by Gasteiger charge is 2.16. The lowest BCUT2D eigenvalue weighted by Crippen LogP contribution is -2.31. The van der Waals surface area contributed by atoms with E-state index in [1.165, 1.54) is 6.07 Å². The summed E-state index contributed by atoms with van der Waals surface area (Å²) < 4.78 is 26.2. The molecule has 1 aromatic carbocycles. The molecule has 1 rings (SSSR count). The van der Waals surface area contributed by atoms with Crippen LogP contribution in [0.2, 0.25) is 0 Å². The van der Waals surface area contributed by atoms with Crippen molar-refractivity contribution in [3.8, 4) is 0 Å². The average Bonchev–Trinajstić information content (AvgIpc) is 2.27. The van der Waals surface area contributed by atoms with Crippen LogP contribution in [0.1, 0.15) is 19.4 Å². The van der Waals surface area contributed by atoms with Crippen molar-refractivity contribution in [1.29, 1.82) is 5.41 Å². The number of nitrogens with one attached hydrogen (secondary N) is 1. The summed E-state index contributed by atoms with van der Waals surface area (Å²) in [6.45, 7) is 5.12. The van der Waals surface area contributed by atoms with Crippen molar-refractivity contribution in [3.63, 3.8) is 0 Å². The van der Waals surface area contributed by atoms with E-state index in [2.05, 4.69) is 15.9 Å². The van der Waals surface area contributed by atoms with Gasteiger partial charge in [-0.2, -0.15) is 0 Å². The minimum atomic E-state index is -0.950. The van der Waals surface area contributed by atoms with Crippen molar-refractivity contribution < 1.29 is 8.78 Å². The molecular weight excluding hydrogens is 278 g/mol. The number of hydrogen-bond acceptors (Lipinski definition) is 1. The molecule has 0 bridgehead atoms. The second-order valence-electron chi connectivity index (χ2n) is 3.24. The van der Waals surface area contributed by atoms with Crippen LogP contribution in [0.3, 0.4) is 0 Å². The molecule has 1 N–H and O–H groups in total. The molecule has 2 nitrogen and oxygen atoms in total. The molecule has 0 aromatic heterocycles. The predicted octanol–water partition coefficient (Wildman–Crippen LogP) is 3.39. The van der Waals surface area contributed by atoms with Crippen LogP contribution in [0.4, 0.5) is 8.78 Å². The maximum Gasteiger partial charge on any atom is 0.173 e. The van der Waals surface area contributed by atoms with Gasteiger partial charge in [0.25, 0.3) is 0 Å². The quantitative estimate of drug-likeness (QED) is 0.516. The van der Waals surface area contributed by atoms with Gasteiger partial charge >= 0.3 is 0 Å². The minimum Gasteiger partial charge on any atom is -0.357 e. The molecule has 0 saturated carbocycles. The first-order valence-electron chi connectivity index (χ1n) is 5.00. The first kappa shape index (κ1) is 13.1. The van der Waals surface area contributed by atoms with E-state index in [1.54, 1.807) is 4.90 Å². The fourth-order valence-electron chi connectivity index (χ4n) is 1.42. The Bertz CT molecular complexity index is 403. The molecular formula is C11H13BrF2N2. The molecule has 0 aliphatic rings. The van der Waals surface area contributed by atoms with Crippen LogP contribution in [0.25, 0.3) is 0 Å². The molecule has 16 heavy (non-hydrogen) atoms. The van der Waals surface area contributed by atoms with E-state index in [0.717, 1.165) is 6.07 Å². The molecule has 0 radical (unpaired) electrons. The van der Waals surface area contributed by atoms with Gasteiger partial charge in [-0.25, -0.2) is 8.78 Å². The molecule has 0 aliphatic carbocycles. The SMILES string of the molecule is CCN(CC)C(=N)c1ccc(F)c(F)c1Br.